The summed E-state index contributed by atoms with van der Waals surface area (Å²) >= 11 is 0. The zero-order chi connectivity index (χ0) is 15.1. The van der Waals surface area contributed by atoms with Crippen molar-refractivity contribution in [3.05, 3.63) is 29.8 Å². The number of hydrogen-bond acceptors (Lipinski definition) is 4. The van der Waals surface area contributed by atoms with Crippen LogP contribution in [0.15, 0.2) is 24.3 Å². The van der Waals surface area contributed by atoms with E-state index in [2.05, 4.69) is 28.5 Å². The van der Waals surface area contributed by atoms with Crippen molar-refractivity contribution < 1.29 is 4.79 Å². The number of benzene rings is 1. The number of anilines is 1. The highest BCUT2D eigenvalue weighted by Crippen LogP contribution is 2.13. The monoisotopic (exact) mass is 286 g/mol. The van der Waals surface area contributed by atoms with Gasteiger partial charge in [0.1, 0.15) is 0 Å². The number of carbonyl (C=O) groups is 1. The van der Waals surface area contributed by atoms with Gasteiger partial charge in [0.25, 0.3) is 0 Å². The number of amides is 1. The van der Waals surface area contributed by atoms with Crippen LogP contribution in [0.25, 0.3) is 0 Å². The number of nitrogens with zero attached hydrogens (tertiary/aromatic N) is 2. The summed E-state index contributed by atoms with van der Waals surface area (Å²) in [4.78, 5) is 14.4. The fourth-order valence-corrected chi connectivity index (χ4v) is 2.72. The molecule has 1 amide bonds. The summed E-state index contributed by atoms with van der Waals surface area (Å²) in [5.74, 6) is -0.0227. The third-order valence-corrected chi connectivity index (χ3v) is 3.85. The van der Waals surface area contributed by atoms with Gasteiger partial charge in [0, 0.05) is 11.7 Å². The maximum Gasteiger partial charge on any atom is 0.238 e. The molecular weight excluding hydrogens is 264 g/mol. The topological polar surface area (TPSA) is 68.2 Å². The second kappa shape index (κ2) is 7.77. The number of nitrogens with one attached hydrogen (secondary N) is 2. The van der Waals surface area contributed by atoms with Gasteiger partial charge in [-0.15, -0.1) is 0 Å². The van der Waals surface area contributed by atoms with E-state index < -0.39 is 0 Å². The van der Waals surface area contributed by atoms with Crippen LogP contribution < -0.4 is 10.6 Å². The largest absolute Gasteiger partial charge is 0.325 e. The fourth-order valence-electron chi connectivity index (χ4n) is 2.72. The first kappa shape index (κ1) is 15.5. The van der Waals surface area contributed by atoms with E-state index in [4.69, 9.17) is 5.26 Å². The minimum atomic E-state index is -0.0227. The molecule has 1 aromatic carbocycles. The first-order chi connectivity index (χ1) is 10.2. The molecule has 5 heteroatoms. The molecular formula is C16H22N4O. The van der Waals surface area contributed by atoms with Crippen LogP contribution in [0.3, 0.4) is 0 Å². The number of hydrogen-bond donors (Lipinski definition) is 2. The van der Waals surface area contributed by atoms with Crippen LogP contribution in [-0.2, 0) is 4.79 Å². The van der Waals surface area contributed by atoms with E-state index in [0.717, 1.165) is 32.5 Å². The van der Waals surface area contributed by atoms with Crippen molar-refractivity contribution in [2.45, 2.75) is 25.8 Å². The summed E-state index contributed by atoms with van der Waals surface area (Å²) in [6.07, 6.45) is 2.18. The van der Waals surface area contributed by atoms with Crippen LogP contribution in [0.4, 0.5) is 5.69 Å². The molecule has 112 valence electrons. The van der Waals surface area contributed by atoms with Crippen molar-refractivity contribution >= 4 is 11.6 Å². The number of likely N-dealkylation sites (N-methyl/N-ethyl adjacent to an activating group) is 1. The molecule has 0 spiro atoms. The average molecular weight is 286 g/mol. The van der Waals surface area contributed by atoms with Gasteiger partial charge in [-0.3, -0.25) is 9.69 Å². The second-order valence-corrected chi connectivity index (χ2v) is 5.29. The van der Waals surface area contributed by atoms with Crippen LogP contribution in [0, 0.1) is 11.3 Å². The molecule has 2 N–H and O–H groups in total. The predicted octanol–water partition coefficient (Wildman–Crippen LogP) is 1.57. The van der Waals surface area contributed by atoms with E-state index in [1.54, 1.807) is 24.3 Å². The zero-order valence-corrected chi connectivity index (χ0v) is 12.4. The van der Waals surface area contributed by atoms with Crippen molar-refractivity contribution in [2.24, 2.45) is 0 Å². The standard InChI is InChI=1S/C16H22N4O/c1-2-20(15-6-8-18-9-7-15)12-16(21)19-14-5-3-4-13(10-14)11-17/h3-5,10,15,18H,2,6-9,12H2,1H3,(H,19,21). The normalized spacial score (nSPS) is 15.7. The molecule has 1 aliphatic heterocycles. The van der Waals surface area contributed by atoms with Gasteiger partial charge in [0.15, 0.2) is 0 Å². The Morgan fingerprint density at radius 3 is 2.90 bits per heavy atom. The van der Waals surface area contributed by atoms with Gasteiger partial charge in [0.2, 0.25) is 5.91 Å². The SMILES string of the molecule is CCN(CC(=O)Nc1cccc(C#N)c1)C1CCNCC1. The van der Waals surface area contributed by atoms with Crippen molar-refractivity contribution in [1.29, 1.82) is 5.26 Å². The highest BCUT2D eigenvalue weighted by Gasteiger charge is 2.21. The number of carbonyl (C=O) groups excluding carboxylic acids is 1. The molecule has 0 aliphatic carbocycles. The molecule has 21 heavy (non-hydrogen) atoms. The fraction of sp³-hybridized carbons (Fsp3) is 0.500. The molecule has 0 bridgehead atoms. The van der Waals surface area contributed by atoms with Gasteiger partial charge >= 0.3 is 0 Å². The van der Waals surface area contributed by atoms with E-state index in [9.17, 15) is 4.79 Å². The Balaban J connectivity index is 1.91. The Morgan fingerprint density at radius 2 is 2.24 bits per heavy atom. The lowest BCUT2D eigenvalue weighted by Gasteiger charge is -2.33. The molecule has 1 heterocycles. The summed E-state index contributed by atoms with van der Waals surface area (Å²) < 4.78 is 0. The molecule has 0 radical (unpaired) electrons. The van der Waals surface area contributed by atoms with Crippen molar-refractivity contribution in [3.63, 3.8) is 0 Å². The summed E-state index contributed by atoms with van der Waals surface area (Å²) in [7, 11) is 0. The second-order valence-electron chi connectivity index (χ2n) is 5.29. The van der Waals surface area contributed by atoms with E-state index in [0.29, 0.717) is 23.8 Å². The average Bonchev–Trinajstić information content (AvgIpc) is 2.53. The Labute approximate surface area is 125 Å². The van der Waals surface area contributed by atoms with Crippen LogP contribution >= 0.6 is 0 Å². The summed E-state index contributed by atoms with van der Waals surface area (Å²) in [6, 6.07) is 9.55. The molecule has 1 aliphatic rings. The molecule has 2 rings (SSSR count). The third-order valence-electron chi connectivity index (χ3n) is 3.85. The van der Waals surface area contributed by atoms with Crippen molar-refractivity contribution in [2.75, 3.05) is 31.5 Å². The van der Waals surface area contributed by atoms with Gasteiger partial charge in [-0.1, -0.05) is 13.0 Å². The number of piperidine rings is 1. The van der Waals surface area contributed by atoms with Gasteiger partial charge in [-0.2, -0.15) is 5.26 Å². The molecule has 0 saturated carbocycles. The molecule has 1 aromatic rings. The molecule has 1 saturated heterocycles. The predicted molar refractivity (Wildman–Crippen MR) is 82.9 cm³/mol. The van der Waals surface area contributed by atoms with E-state index in [1.807, 2.05) is 0 Å². The van der Waals surface area contributed by atoms with E-state index >= 15 is 0 Å². The summed E-state index contributed by atoms with van der Waals surface area (Å²) in [5.41, 5.74) is 1.24. The first-order valence-corrected chi connectivity index (χ1v) is 7.47. The first-order valence-electron chi connectivity index (χ1n) is 7.47. The van der Waals surface area contributed by atoms with Gasteiger partial charge in [-0.05, 0) is 50.7 Å². The maximum absolute atomic E-state index is 12.2. The lowest BCUT2D eigenvalue weighted by Crippen LogP contribution is -2.46. The van der Waals surface area contributed by atoms with Gasteiger partial charge < -0.3 is 10.6 Å². The highest BCUT2D eigenvalue weighted by atomic mass is 16.2. The Hall–Kier alpha value is -1.90. The quantitative estimate of drug-likeness (QED) is 0.862. The van der Waals surface area contributed by atoms with Crippen molar-refractivity contribution in [3.8, 4) is 6.07 Å². The summed E-state index contributed by atoms with van der Waals surface area (Å²) in [6.45, 7) is 5.40. The lowest BCUT2D eigenvalue weighted by atomic mass is 10.0. The zero-order valence-electron chi connectivity index (χ0n) is 12.4. The lowest BCUT2D eigenvalue weighted by molar-refractivity contribution is -0.118. The van der Waals surface area contributed by atoms with Crippen LogP contribution in [0.5, 0.6) is 0 Å². The molecule has 5 nitrogen and oxygen atoms in total. The van der Waals surface area contributed by atoms with Crippen LogP contribution in [0.2, 0.25) is 0 Å². The third kappa shape index (κ3) is 4.55. The van der Waals surface area contributed by atoms with Crippen LogP contribution in [-0.4, -0.2) is 43.0 Å². The van der Waals surface area contributed by atoms with Gasteiger partial charge in [-0.25, -0.2) is 0 Å². The number of nitriles is 1. The Kier molecular flexibility index (Phi) is 5.73. The minimum absolute atomic E-state index is 0.0227. The van der Waals surface area contributed by atoms with Gasteiger partial charge in [0.05, 0.1) is 18.2 Å². The van der Waals surface area contributed by atoms with Crippen molar-refractivity contribution in [1.82, 2.24) is 10.2 Å². The molecule has 0 unspecified atom stereocenters. The molecule has 0 aromatic heterocycles. The highest BCUT2D eigenvalue weighted by molar-refractivity contribution is 5.92. The maximum atomic E-state index is 12.2. The Morgan fingerprint density at radius 1 is 1.48 bits per heavy atom. The van der Waals surface area contributed by atoms with E-state index in [-0.39, 0.29) is 5.91 Å². The van der Waals surface area contributed by atoms with E-state index in [1.165, 1.54) is 0 Å². The smallest absolute Gasteiger partial charge is 0.238 e. The van der Waals surface area contributed by atoms with Crippen LogP contribution in [0.1, 0.15) is 25.3 Å². The number of rotatable bonds is 5. The minimum Gasteiger partial charge on any atom is -0.325 e. The summed E-state index contributed by atoms with van der Waals surface area (Å²) in [5, 5.41) is 15.1. The Bertz CT molecular complexity index is 517. The molecule has 0 atom stereocenters. The molecule has 1 fully saturated rings.